The minimum atomic E-state index is -4.63. The van der Waals surface area contributed by atoms with Gasteiger partial charge in [0.2, 0.25) is 0 Å². The highest BCUT2D eigenvalue weighted by molar-refractivity contribution is 6.11. The largest absolute Gasteiger partial charge is 0.433 e. The lowest BCUT2D eigenvalue weighted by Crippen LogP contribution is -2.51. The van der Waals surface area contributed by atoms with Crippen LogP contribution in [0, 0.1) is 11.3 Å². The number of alkyl halides is 3. The Labute approximate surface area is 154 Å². The van der Waals surface area contributed by atoms with Gasteiger partial charge in [-0.2, -0.15) is 18.3 Å². The molecular weight excluding hydrogens is 357 g/mol. The third kappa shape index (κ3) is 2.61. The number of H-pyrrole nitrogens is 1. The molecule has 27 heavy (non-hydrogen) atoms. The number of nitrogens with one attached hydrogen (secondary N) is 1. The van der Waals surface area contributed by atoms with Crippen molar-refractivity contribution >= 4 is 17.3 Å². The Morgan fingerprint density at radius 3 is 2.59 bits per heavy atom. The second-order valence-electron chi connectivity index (χ2n) is 8.26. The number of Topliss-reactive ketones (excluding diaryl/α,β-unsaturated/α-hetero) is 1. The second kappa shape index (κ2) is 5.50. The fraction of sp³-hybridized carbons (Fsp3) is 0.474. The summed E-state index contributed by atoms with van der Waals surface area (Å²) < 4.78 is 41.1. The predicted molar refractivity (Wildman–Crippen MR) is 92.9 cm³/mol. The summed E-state index contributed by atoms with van der Waals surface area (Å²) in [6.45, 7) is 5.60. The third-order valence-corrected chi connectivity index (χ3v) is 5.61. The van der Waals surface area contributed by atoms with Gasteiger partial charge in [0, 0.05) is 35.5 Å². The van der Waals surface area contributed by atoms with Crippen LogP contribution in [0.5, 0.6) is 0 Å². The molecule has 2 unspecified atom stereocenters. The number of aromatic nitrogens is 3. The summed E-state index contributed by atoms with van der Waals surface area (Å²) in [5.41, 5.74) is -1.43. The highest BCUT2D eigenvalue weighted by atomic mass is 19.4. The first kappa shape index (κ1) is 17.9. The molecule has 0 amide bonds. The average molecular weight is 376 g/mol. The van der Waals surface area contributed by atoms with Crippen LogP contribution >= 0.6 is 0 Å². The van der Waals surface area contributed by atoms with Crippen molar-refractivity contribution in [3.63, 3.8) is 0 Å². The predicted octanol–water partition coefficient (Wildman–Crippen LogP) is 4.22. The first-order valence-electron chi connectivity index (χ1n) is 8.71. The van der Waals surface area contributed by atoms with E-state index in [1.807, 2.05) is 13.8 Å². The highest BCUT2D eigenvalue weighted by Crippen LogP contribution is 2.54. The zero-order valence-electron chi connectivity index (χ0n) is 15.2. The van der Waals surface area contributed by atoms with Crippen LogP contribution in [0.4, 0.5) is 19.0 Å². The maximum absolute atomic E-state index is 13.7. The van der Waals surface area contributed by atoms with Crippen molar-refractivity contribution in [2.45, 2.75) is 45.2 Å². The molecule has 1 saturated carbocycles. The molecule has 2 aliphatic rings. The summed E-state index contributed by atoms with van der Waals surface area (Å²) in [6, 6.07) is 3.37. The van der Waals surface area contributed by atoms with E-state index in [0.717, 1.165) is 0 Å². The normalized spacial score (nSPS) is 27.0. The van der Waals surface area contributed by atoms with Gasteiger partial charge < -0.3 is 0 Å². The van der Waals surface area contributed by atoms with E-state index < -0.39 is 23.2 Å². The van der Waals surface area contributed by atoms with E-state index in [9.17, 15) is 18.0 Å². The molecule has 3 heterocycles. The van der Waals surface area contributed by atoms with Crippen LogP contribution in [-0.2, 0) is 16.4 Å². The van der Waals surface area contributed by atoms with Crippen LogP contribution < -0.4 is 0 Å². The minimum Gasteiger partial charge on any atom is -0.299 e. The fourth-order valence-corrected chi connectivity index (χ4v) is 4.55. The molecule has 5 nitrogen and oxygen atoms in total. The maximum atomic E-state index is 13.7. The van der Waals surface area contributed by atoms with E-state index in [4.69, 9.17) is 0 Å². The average Bonchev–Trinajstić information content (AvgIpc) is 2.98. The quantitative estimate of drug-likeness (QED) is 0.810. The van der Waals surface area contributed by atoms with Gasteiger partial charge in [-0.3, -0.25) is 14.9 Å². The van der Waals surface area contributed by atoms with Gasteiger partial charge in [0.05, 0.1) is 5.92 Å². The highest BCUT2D eigenvalue weighted by Gasteiger charge is 2.56. The number of pyridine rings is 1. The number of fused-ring (bicyclic) bond motifs is 2. The van der Waals surface area contributed by atoms with Crippen molar-refractivity contribution in [1.29, 1.82) is 0 Å². The van der Waals surface area contributed by atoms with Crippen molar-refractivity contribution in [2.75, 3.05) is 0 Å². The van der Waals surface area contributed by atoms with E-state index in [-0.39, 0.29) is 22.6 Å². The lowest BCUT2D eigenvalue weighted by atomic mass is 9.57. The van der Waals surface area contributed by atoms with Crippen LogP contribution in [0.3, 0.4) is 0 Å². The molecule has 0 bridgehead atoms. The minimum absolute atomic E-state index is 0.00503. The fourth-order valence-electron chi connectivity index (χ4n) is 4.55. The van der Waals surface area contributed by atoms with Gasteiger partial charge in [0.1, 0.15) is 11.5 Å². The van der Waals surface area contributed by atoms with Crippen molar-refractivity contribution in [3.05, 3.63) is 41.3 Å². The van der Waals surface area contributed by atoms with E-state index >= 15 is 0 Å². The van der Waals surface area contributed by atoms with Gasteiger partial charge in [0.25, 0.3) is 0 Å². The molecule has 1 aliphatic carbocycles. The Balaban J connectivity index is 2.03. The number of halogens is 3. The molecule has 1 aliphatic heterocycles. The van der Waals surface area contributed by atoms with Gasteiger partial charge in [-0.15, -0.1) is 0 Å². The first-order chi connectivity index (χ1) is 12.5. The number of aromatic amines is 1. The number of aliphatic imine (C=N–C) groups is 1. The number of carbonyl (C=O) groups is 1. The monoisotopic (exact) mass is 376 g/mol. The Bertz CT molecular complexity index is 946. The molecule has 1 N–H and O–H groups in total. The summed E-state index contributed by atoms with van der Waals surface area (Å²) in [6.07, 6.45) is -0.730. The van der Waals surface area contributed by atoms with Gasteiger partial charge in [-0.1, -0.05) is 26.8 Å². The summed E-state index contributed by atoms with van der Waals surface area (Å²) in [5.74, 6) is -0.859. The maximum Gasteiger partial charge on any atom is 0.433 e. The van der Waals surface area contributed by atoms with Crippen LogP contribution in [-0.4, -0.2) is 26.7 Å². The number of rotatable bonds is 1. The molecule has 2 aromatic rings. The van der Waals surface area contributed by atoms with Gasteiger partial charge in [0.15, 0.2) is 5.82 Å². The van der Waals surface area contributed by atoms with Crippen molar-refractivity contribution in [3.8, 4) is 0 Å². The van der Waals surface area contributed by atoms with E-state index in [2.05, 4.69) is 20.2 Å². The molecule has 0 radical (unpaired) electrons. The Morgan fingerprint density at radius 1 is 1.22 bits per heavy atom. The molecule has 2 atom stereocenters. The Hall–Kier alpha value is -2.51. The molecule has 0 spiro atoms. The molecule has 1 fully saturated rings. The zero-order chi connectivity index (χ0) is 19.6. The molecule has 0 saturated heterocycles. The topological polar surface area (TPSA) is 71.0 Å². The van der Waals surface area contributed by atoms with Gasteiger partial charge in [-0.25, -0.2) is 4.99 Å². The van der Waals surface area contributed by atoms with Crippen LogP contribution in [0.2, 0.25) is 0 Å². The second-order valence-corrected chi connectivity index (χ2v) is 8.26. The van der Waals surface area contributed by atoms with E-state index in [1.54, 1.807) is 25.3 Å². The summed E-state index contributed by atoms with van der Waals surface area (Å²) in [7, 11) is 0. The van der Waals surface area contributed by atoms with Crippen molar-refractivity contribution in [1.82, 2.24) is 15.2 Å². The van der Waals surface area contributed by atoms with Crippen LogP contribution in [0.25, 0.3) is 0 Å². The SMILES string of the molecule is CC1(C)CC(=O)C2C(=Nc3n[nH]c(C(F)(F)F)c3C2(C)c2cccnc2)C1. The Morgan fingerprint density at radius 2 is 1.96 bits per heavy atom. The molecular formula is C19H19F3N4O. The standard InChI is InChI=1S/C19H19F3N4O/c1-17(2)7-11-13(12(27)8-17)18(3,10-5-4-6-23-9-10)14-15(19(20,21)22)25-26-16(14)24-11/h4-6,9,13H,7-8H2,1-3H3,(H,25,26). The van der Waals surface area contributed by atoms with E-state index in [1.165, 1.54) is 6.20 Å². The molecule has 8 heteroatoms. The van der Waals surface area contributed by atoms with Crippen molar-refractivity contribution < 1.29 is 18.0 Å². The summed E-state index contributed by atoms with van der Waals surface area (Å²) in [4.78, 5) is 21.6. The first-order valence-corrected chi connectivity index (χ1v) is 8.71. The number of carbonyl (C=O) groups excluding carboxylic acids is 1. The van der Waals surface area contributed by atoms with E-state index in [0.29, 0.717) is 24.1 Å². The number of ketones is 1. The third-order valence-electron chi connectivity index (χ3n) is 5.61. The lowest BCUT2D eigenvalue weighted by molar-refractivity contribution is -0.142. The number of nitrogens with zero attached hydrogens (tertiary/aromatic N) is 3. The van der Waals surface area contributed by atoms with Crippen molar-refractivity contribution in [2.24, 2.45) is 16.3 Å². The summed E-state index contributed by atoms with van der Waals surface area (Å²) in [5, 5.41) is 5.96. The number of hydrogen-bond acceptors (Lipinski definition) is 4. The van der Waals surface area contributed by atoms with Crippen LogP contribution in [0.15, 0.2) is 29.5 Å². The van der Waals surface area contributed by atoms with Crippen LogP contribution in [0.1, 0.15) is 50.4 Å². The summed E-state index contributed by atoms with van der Waals surface area (Å²) >= 11 is 0. The molecule has 4 rings (SSSR count). The molecule has 2 aromatic heterocycles. The Kier molecular flexibility index (Phi) is 3.64. The molecule has 0 aromatic carbocycles. The van der Waals surface area contributed by atoms with Gasteiger partial charge >= 0.3 is 6.18 Å². The molecule has 142 valence electrons. The smallest absolute Gasteiger partial charge is 0.299 e. The number of hydrogen-bond donors (Lipinski definition) is 1. The van der Waals surface area contributed by atoms with Gasteiger partial charge in [-0.05, 0) is 23.5 Å². The zero-order valence-corrected chi connectivity index (χ0v) is 15.2. The lowest BCUT2D eigenvalue weighted by Gasteiger charge is -2.46.